The summed E-state index contributed by atoms with van der Waals surface area (Å²) in [6.45, 7) is 1.75. The summed E-state index contributed by atoms with van der Waals surface area (Å²) in [4.78, 5) is 12.4. The summed E-state index contributed by atoms with van der Waals surface area (Å²) < 4.78 is 12.9. The summed E-state index contributed by atoms with van der Waals surface area (Å²) in [7, 11) is 8.40. The van der Waals surface area contributed by atoms with Crippen molar-refractivity contribution in [2.45, 2.75) is 75.6 Å². The summed E-state index contributed by atoms with van der Waals surface area (Å²) in [6, 6.07) is 8.76. The summed E-state index contributed by atoms with van der Waals surface area (Å²) in [6.07, 6.45) is 11.0. The van der Waals surface area contributed by atoms with E-state index < -0.39 is 5.79 Å². The van der Waals surface area contributed by atoms with Gasteiger partial charge < -0.3 is 14.0 Å². The Morgan fingerprint density at radius 1 is 0.848 bits per heavy atom. The lowest BCUT2D eigenvalue weighted by Crippen LogP contribution is -2.60. The molecule has 0 radical (unpaired) electrons. The fourth-order valence-electron chi connectivity index (χ4n) is 7.25. The second-order valence-corrected chi connectivity index (χ2v) is 12.3. The monoisotopic (exact) mass is 458 g/mol. The Kier molecular flexibility index (Phi) is 6.78. The van der Waals surface area contributed by atoms with E-state index in [0.717, 1.165) is 60.9 Å². The molecule has 0 N–H and O–H groups in total. The first kappa shape index (κ1) is 23.6. The van der Waals surface area contributed by atoms with Gasteiger partial charge in [-0.15, -0.1) is 0 Å². The molecule has 5 saturated carbocycles. The van der Waals surface area contributed by atoms with Gasteiger partial charge in [0, 0.05) is 18.9 Å². The third-order valence-corrected chi connectivity index (χ3v) is 8.97. The zero-order valence-electron chi connectivity index (χ0n) is 21.1. The van der Waals surface area contributed by atoms with Gasteiger partial charge in [-0.1, -0.05) is 12.1 Å². The molecule has 5 fully saturated rings. The van der Waals surface area contributed by atoms with Gasteiger partial charge in [-0.25, -0.2) is 9.78 Å². The Bertz CT molecular complexity index is 750. The van der Waals surface area contributed by atoms with Crippen LogP contribution in [0.15, 0.2) is 24.3 Å². The van der Waals surface area contributed by atoms with Crippen LogP contribution in [-0.2, 0) is 14.5 Å². The molecule has 6 rings (SSSR count). The van der Waals surface area contributed by atoms with Gasteiger partial charge in [-0.05, 0) is 93.2 Å². The second-order valence-electron chi connectivity index (χ2n) is 12.3. The van der Waals surface area contributed by atoms with Crippen LogP contribution >= 0.6 is 0 Å². The molecule has 33 heavy (non-hydrogen) atoms. The van der Waals surface area contributed by atoms with Crippen molar-refractivity contribution in [3.8, 4) is 5.75 Å². The molecule has 1 aromatic carbocycles. The van der Waals surface area contributed by atoms with Crippen LogP contribution in [0.5, 0.6) is 5.75 Å². The molecular formula is C28H44NO4+. The van der Waals surface area contributed by atoms with Gasteiger partial charge in [0.2, 0.25) is 5.79 Å². The van der Waals surface area contributed by atoms with Gasteiger partial charge in [-0.3, -0.25) is 0 Å². The van der Waals surface area contributed by atoms with Crippen LogP contribution in [0, 0.1) is 23.7 Å². The molecule has 5 heteroatoms. The molecule has 4 bridgehead atoms. The highest BCUT2D eigenvalue weighted by Crippen LogP contribution is 2.60. The van der Waals surface area contributed by atoms with Crippen LogP contribution in [0.3, 0.4) is 0 Å². The number of ether oxygens (including phenoxy) is 2. The third kappa shape index (κ3) is 5.12. The fraction of sp³-hybridized carbons (Fsp3) is 0.786. The molecule has 0 aliphatic heterocycles. The Morgan fingerprint density at radius 3 is 2.00 bits per heavy atom. The number of likely N-dealkylation sites (N-methyl/N-ethyl adjacent to an activating group) is 1. The molecular weight excluding hydrogens is 414 g/mol. The van der Waals surface area contributed by atoms with E-state index in [9.17, 15) is 0 Å². The van der Waals surface area contributed by atoms with Gasteiger partial charge in [0.05, 0.1) is 27.2 Å². The van der Waals surface area contributed by atoms with E-state index in [1.54, 1.807) is 0 Å². The van der Waals surface area contributed by atoms with E-state index in [4.69, 9.17) is 19.2 Å². The maximum Gasteiger partial charge on any atom is 0.207 e. The van der Waals surface area contributed by atoms with Crippen molar-refractivity contribution in [3.63, 3.8) is 0 Å². The maximum atomic E-state index is 6.27. The minimum atomic E-state index is -0.494. The first-order valence-corrected chi connectivity index (χ1v) is 13.3. The lowest BCUT2D eigenvalue weighted by molar-refractivity contribution is -0.870. The Morgan fingerprint density at radius 2 is 1.45 bits per heavy atom. The van der Waals surface area contributed by atoms with Crippen LogP contribution in [-0.4, -0.2) is 57.8 Å². The van der Waals surface area contributed by atoms with Crippen molar-refractivity contribution in [1.29, 1.82) is 0 Å². The number of benzene rings is 1. The molecule has 5 nitrogen and oxygen atoms in total. The summed E-state index contributed by atoms with van der Waals surface area (Å²) in [5.74, 6) is 3.89. The molecule has 5 aliphatic rings. The van der Waals surface area contributed by atoms with Crippen molar-refractivity contribution >= 4 is 0 Å². The molecule has 0 atom stereocenters. The van der Waals surface area contributed by atoms with E-state index in [1.165, 1.54) is 37.7 Å². The van der Waals surface area contributed by atoms with E-state index >= 15 is 0 Å². The number of nitrogens with zero attached hydrogens (tertiary/aromatic N) is 1. The largest absolute Gasteiger partial charge is 0.488 e. The lowest BCUT2D eigenvalue weighted by Gasteiger charge is -2.58. The predicted octanol–water partition coefficient (Wildman–Crippen LogP) is 5.54. The number of quaternary nitrogens is 1. The quantitative estimate of drug-likeness (QED) is 0.211. The van der Waals surface area contributed by atoms with Gasteiger partial charge in [0.1, 0.15) is 18.9 Å². The van der Waals surface area contributed by atoms with E-state index in [1.807, 2.05) is 7.11 Å². The van der Waals surface area contributed by atoms with Crippen LogP contribution in [0.4, 0.5) is 0 Å². The standard InChI is InChI=1S/C28H44NO4/c1-29(2,3)13-14-31-26-9-5-22(6-10-26)23-7-11-27(12-8-23)32-33-28(30-4)24-16-20-15-21(18-24)19-25(28)17-20/h5-6,9-10,20-21,23-25,27H,7-8,11-19H2,1-4H3/q+1. The van der Waals surface area contributed by atoms with Crippen molar-refractivity contribution < 1.29 is 23.7 Å². The first-order chi connectivity index (χ1) is 15.8. The summed E-state index contributed by atoms with van der Waals surface area (Å²) >= 11 is 0. The Hall–Kier alpha value is -1.14. The molecule has 0 aromatic heterocycles. The average molecular weight is 459 g/mol. The highest BCUT2D eigenvalue weighted by molar-refractivity contribution is 5.29. The van der Waals surface area contributed by atoms with E-state index in [-0.39, 0.29) is 6.10 Å². The SMILES string of the molecule is COC1(OOC2CCC(c3ccc(OCC[N+](C)(C)C)cc3)CC2)C2CC3CC(C2)CC1C3. The lowest BCUT2D eigenvalue weighted by atomic mass is 9.53. The Labute approximate surface area is 200 Å². The maximum absolute atomic E-state index is 6.27. The normalized spacial score (nSPS) is 37.9. The molecule has 0 amide bonds. The van der Waals surface area contributed by atoms with Crippen molar-refractivity contribution in [3.05, 3.63) is 29.8 Å². The number of rotatable bonds is 9. The molecule has 0 saturated heterocycles. The summed E-state index contributed by atoms with van der Waals surface area (Å²) in [5.41, 5.74) is 1.42. The number of hydrogen-bond donors (Lipinski definition) is 0. The van der Waals surface area contributed by atoms with Gasteiger partial charge >= 0.3 is 0 Å². The predicted molar refractivity (Wildman–Crippen MR) is 129 cm³/mol. The molecule has 0 unspecified atom stereocenters. The van der Waals surface area contributed by atoms with Gasteiger partial charge in [0.25, 0.3) is 0 Å². The smallest absolute Gasteiger partial charge is 0.207 e. The van der Waals surface area contributed by atoms with Crippen LogP contribution in [0.25, 0.3) is 0 Å². The molecule has 0 heterocycles. The molecule has 5 aliphatic carbocycles. The number of methoxy groups -OCH3 is 1. The molecule has 0 spiro atoms. The van der Waals surface area contributed by atoms with Crippen LogP contribution in [0.1, 0.15) is 69.3 Å². The zero-order chi connectivity index (χ0) is 23.1. The third-order valence-electron chi connectivity index (χ3n) is 8.97. The average Bonchev–Trinajstić information content (AvgIpc) is 2.79. The van der Waals surface area contributed by atoms with Crippen molar-refractivity contribution in [2.24, 2.45) is 23.7 Å². The Balaban J connectivity index is 1.09. The van der Waals surface area contributed by atoms with Crippen molar-refractivity contribution in [2.75, 3.05) is 41.4 Å². The minimum absolute atomic E-state index is 0.184. The fourth-order valence-corrected chi connectivity index (χ4v) is 7.25. The van der Waals surface area contributed by atoms with Gasteiger partial charge in [-0.2, -0.15) is 0 Å². The zero-order valence-corrected chi connectivity index (χ0v) is 21.1. The van der Waals surface area contributed by atoms with Crippen LogP contribution < -0.4 is 4.74 Å². The second kappa shape index (κ2) is 9.49. The summed E-state index contributed by atoms with van der Waals surface area (Å²) in [5, 5.41) is 0. The molecule has 184 valence electrons. The van der Waals surface area contributed by atoms with E-state index in [0.29, 0.717) is 17.8 Å². The highest BCUT2D eigenvalue weighted by Gasteiger charge is 2.60. The topological polar surface area (TPSA) is 36.9 Å². The minimum Gasteiger partial charge on any atom is -0.488 e. The number of hydrogen-bond acceptors (Lipinski definition) is 4. The molecule has 1 aromatic rings. The highest BCUT2D eigenvalue weighted by atomic mass is 17.2. The van der Waals surface area contributed by atoms with Gasteiger partial charge in [0.15, 0.2) is 0 Å². The van der Waals surface area contributed by atoms with E-state index in [2.05, 4.69) is 45.4 Å². The van der Waals surface area contributed by atoms with Crippen LogP contribution in [0.2, 0.25) is 0 Å². The first-order valence-electron chi connectivity index (χ1n) is 13.3. The van der Waals surface area contributed by atoms with Crippen molar-refractivity contribution in [1.82, 2.24) is 0 Å².